The van der Waals surface area contributed by atoms with Crippen molar-refractivity contribution in [3.05, 3.63) is 82.8 Å². The van der Waals surface area contributed by atoms with Crippen LogP contribution in [0.2, 0.25) is 0 Å². The van der Waals surface area contributed by atoms with Gasteiger partial charge < -0.3 is 15.0 Å². The van der Waals surface area contributed by atoms with E-state index in [1.807, 2.05) is 44.2 Å². The lowest BCUT2D eigenvalue weighted by Gasteiger charge is -2.43. The van der Waals surface area contributed by atoms with Crippen molar-refractivity contribution in [3.63, 3.8) is 0 Å². The topological polar surface area (TPSA) is 82.2 Å². The maximum absolute atomic E-state index is 13.7. The van der Waals surface area contributed by atoms with Gasteiger partial charge in [0, 0.05) is 50.0 Å². The van der Waals surface area contributed by atoms with E-state index in [2.05, 4.69) is 10.2 Å². The Morgan fingerprint density at radius 2 is 1.84 bits per heavy atom. The molecule has 37 heavy (non-hydrogen) atoms. The van der Waals surface area contributed by atoms with Crippen LogP contribution in [0.3, 0.4) is 0 Å². The Morgan fingerprint density at radius 3 is 2.49 bits per heavy atom. The molecule has 2 heterocycles. The number of carbonyl (C=O) groups excluding carboxylic acids is 3. The van der Waals surface area contributed by atoms with Gasteiger partial charge in [0.2, 0.25) is 0 Å². The minimum atomic E-state index is -0.626. The Hall–Kier alpha value is -3.72. The number of likely N-dealkylation sites (N-methyl/N-ethyl adjacent to an activating group) is 1. The predicted octanol–water partition coefficient (Wildman–Crippen LogP) is 3.58. The van der Waals surface area contributed by atoms with Gasteiger partial charge in [0.05, 0.1) is 18.2 Å². The van der Waals surface area contributed by atoms with Crippen molar-refractivity contribution >= 4 is 17.9 Å². The lowest BCUT2D eigenvalue weighted by atomic mass is 9.94. The second-order valence-corrected chi connectivity index (χ2v) is 9.21. The van der Waals surface area contributed by atoms with Crippen molar-refractivity contribution in [1.82, 2.24) is 20.0 Å². The van der Waals surface area contributed by atoms with E-state index in [9.17, 15) is 18.8 Å². The van der Waals surface area contributed by atoms with Gasteiger partial charge in [0.1, 0.15) is 5.82 Å². The lowest BCUT2D eigenvalue weighted by molar-refractivity contribution is -0.139. The summed E-state index contributed by atoms with van der Waals surface area (Å²) < 4.78 is 19.1. The molecule has 0 radical (unpaired) electrons. The number of hydrogen-bond donors (Lipinski definition) is 1. The highest BCUT2D eigenvalue weighted by atomic mass is 19.1. The molecule has 2 atom stereocenters. The predicted molar refractivity (Wildman–Crippen MR) is 137 cm³/mol. The molecule has 0 unspecified atom stereocenters. The van der Waals surface area contributed by atoms with Crippen molar-refractivity contribution in [2.75, 3.05) is 39.3 Å². The first-order valence-corrected chi connectivity index (χ1v) is 12.7. The molecule has 0 spiro atoms. The molecule has 0 aliphatic carbocycles. The highest BCUT2D eigenvalue weighted by Crippen LogP contribution is 2.32. The summed E-state index contributed by atoms with van der Waals surface area (Å²) in [6.45, 7) is 8.05. The summed E-state index contributed by atoms with van der Waals surface area (Å²) >= 11 is 0. The van der Waals surface area contributed by atoms with E-state index >= 15 is 0 Å². The lowest BCUT2D eigenvalue weighted by Crippen LogP contribution is -2.56. The smallest absolute Gasteiger partial charge is 0.338 e. The third-order valence-corrected chi connectivity index (χ3v) is 6.80. The summed E-state index contributed by atoms with van der Waals surface area (Å²) in [7, 11) is 0. The third-order valence-electron chi connectivity index (χ3n) is 6.80. The zero-order valence-electron chi connectivity index (χ0n) is 21.4. The SMILES string of the molecule is CCOC(=O)C1=C(CN2CCN(C(=O)c3cccc(F)c3)[C@@H](C)C2)N(CC)C(=O)N[C@@H]1c1ccccc1. The van der Waals surface area contributed by atoms with Crippen LogP contribution in [0.5, 0.6) is 0 Å². The maximum Gasteiger partial charge on any atom is 0.338 e. The maximum atomic E-state index is 13.7. The second kappa shape index (κ2) is 11.6. The molecule has 1 N–H and O–H groups in total. The van der Waals surface area contributed by atoms with Crippen molar-refractivity contribution in [3.8, 4) is 0 Å². The molecule has 4 rings (SSSR count). The van der Waals surface area contributed by atoms with Crippen LogP contribution < -0.4 is 5.32 Å². The van der Waals surface area contributed by atoms with E-state index in [0.717, 1.165) is 5.56 Å². The number of ether oxygens (including phenoxy) is 1. The van der Waals surface area contributed by atoms with Crippen LogP contribution in [-0.2, 0) is 9.53 Å². The Balaban J connectivity index is 1.61. The molecule has 0 aromatic heterocycles. The molecule has 2 aromatic rings. The standard InChI is InChI=1S/C28H33FN4O4/c1-4-32-23(24(27(35)37-5-2)25(30-28(32)36)20-10-7-6-8-11-20)18-31-14-15-33(19(3)17-31)26(34)21-12-9-13-22(29)16-21/h6-13,16,19,25H,4-5,14-15,17-18H2,1-3H3,(H,30,36)/t19-,25+/m0/s1. The fourth-order valence-corrected chi connectivity index (χ4v) is 5.03. The first-order chi connectivity index (χ1) is 17.8. The van der Waals surface area contributed by atoms with Crippen molar-refractivity contribution < 1.29 is 23.5 Å². The van der Waals surface area contributed by atoms with Crippen LogP contribution in [0.1, 0.15) is 42.7 Å². The number of amides is 3. The fraction of sp³-hybridized carbons (Fsp3) is 0.393. The van der Waals surface area contributed by atoms with Crippen molar-refractivity contribution in [1.29, 1.82) is 0 Å². The van der Waals surface area contributed by atoms with Crippen LogP contribution in [-0.4, -0.2) is 78.0 Å². The molecule has 3 amide bonds. The molecule has 8 nitrogen and oxygen atoms in total. The monoisotopic (exact) mass is 508 g/mol. The Labute approximate surface area is 216 Å². The molecule has 2 aromatic carbocycles. The first-order valence-electron chi connectivity index (χ1n) is 12.7. The van der Waals surface area contributed by atoms with Gasteiger partial charge in [-0.25, -0.2) is 14.0 Å². The summed E-state index contributed by atoms with van der Waals surface area (Å²) in [6.07, 6.45) is 0. The van der Waals surface area contributed by atoms with Gasteiger partial charge in [-0.1, -0.05) is 36.4 Å². The number of piperazine rings is 1. The number of urea groups is 1. The normalized spacial score (nSPS) is 20.6. The molecule has 9 heteroatoms. The number of carbonyl (C=O) groups is 3. The van der Waals surface area contributed by atoms with Gasteiger partial charge >= 0.3 is 12.0 Å². The molecule has 2 aliphatic rings. The van der Waals surface area contributed by atoms with Gasteiger partial charge in [0.15, 0.2) is 0 Å². The summed E-state index contributed by atoms with van der Waals surface area (Å²) in [5.41, 5.74) is 2.14. The number of rotatable bonds is 7. The summed E-state index contributed by atoms with van der Waals surface area (Å²) in [5.74, 6) is -1.12. The van der Waals surface area contributed by atoms with E-state index in [0.29, 0.717) is 49.6 Å². The molecule has 2 aliphatic heterocycles. The highest BCUT2D eigenvalue weighted by molar-refractivity contribution is 5.95. The minimum absolute atomic E-state index is 0.145. The molecular weight excluding hydrogens is 475 g/mol. The molecule has 196 valence electrons. The minimum Gasteiger partial charge on any atom is -0.463 e. The largest absolute Gasteiger partial charge is 0.463 e. The number of hydrogen-bond acceptors (Lipinski definition) is 5. The molecule has 1 saturated heterocycles. The van der Waals surface area contributed by atoms with Crippen LogP contribution in [0, 0.1) is 5.82 Å². The molecule has 1 fully saturated rings. The summed E-state index contributed by atoms with van der Waals surface area (Å²) in [4.78, 5) is 44.8. The van der Waals surface area contributed by atoms with Crippen LogP contribution >= 0.6 is 0 Å². The van der Waals surface area contributed by atoms with Gasteiger partial charge in [-0.2, -0.15) is 0 Å². The van der Waals surface area contributed by atoms with Gasteiger partial charge in [-0.15, -0.1) is 0 Å². The van der Waals surface area contributed by atoms with Gasteiger partial charge in [0.25, 0.3) is 5.91 Å². The molecule has 0 saturated carbocycles. The molecule has 0 bridgehead atoms. The van der Waals surface area contributed by atoms with Crippen LogP contribution in [0.15, 0.2) is 65.9 Å². The average Bonchev–Trinajstić information content (AvgIpc) is 2.89. The second-order valence-electron chi connectivity index (χ2n) is 9.21. The van der Waals surface area contributed by atoms with Gasteiger partial charge in [-0.3, -0.25) is 14.6 Å². The Bertz CT molecular complexity index is 1190. The van der Waals surface area contributed by atoms with E-state index in [1.165, 1.54) is 18.2 Å². The zero-order chi connectivity index (χ0) is 26.5. The van der Waals surface area contributed by atoms with Crippen molar-refractivity contribution in [2.45, 2.75) is 32.9 Å². The average molecular weight is 509 g/mol. The number of nitrogens with zero attached hydrogens (tertiary/aromatic N) is 3. The third kappa shape index (κ3) is 5.67. The number of benzene rings is 2. The van der Waals surface area contributed by atoms with Gasteiger partial charge in [-0.05, 0) is 44.5 Å². The Kier molecular flexibility index (Phi) is 8.23. The van der Waals surface area contributed by atoms with Crippen molar-refractivity contribution in [2.24, 2.45) is 0 Å². The highest BCUT2D eigenvalue weighted by Gasteiger charge is 2.39. The first kappa shape index (κ1) is 26.3. The Morgan fingerprint density at radius 1 is 1.08 bits per heavy atom. The van der Waals surface area contributed by atoms with E-state index < -0.39 is 17.8 Å². The summed E-state index contributed by atoms with van der Waals surface area (Å²) in [5, 5.41) is 2.97. The summed E-state index contributed by atoms with van der Waals surface area (Å²) in [6, 6.07) is 14.0. The zero-order valence-corrected chi connectivity index (χ0v) is 21.4. The van der Waals surface area contributed by atoms with Crippen LogP contribution in [0.4, 0.5) is 9.18 Å². The number of esters is 1. The quantitative estimate of drug-likeness (QED) is 0.579. The van der Waals surface area contributed by atoms with E-state index in [1.54, 1.807) is 22.8 Å². The molecular formula is C28H33FN4O4. The number of nitrogens with one attached hydrogen (secondary N) is 1. The van der Waals surface area contributed by atoms with E-state index in [-0.39, 0.29) is 24.6 Å². The van der Waals surface area contributed by atoms with E-state index in [4.69, 9.17) is 4.74 Å². The number of halogens is 1. The van der Waals surface area contributed by atoms with Crippen LogP contribution in [0.25, 0.3) is 0 Å². The fourth-order valence-electron chi connectivity index (χ4n) is 5.03.